The second kappa shape index (κ2) is 7.43. The molecular formula is C17H14BrClN4O3. The summed E-state index contributed by atoms with van der Waals surface area (Å²) in [7, 11) is 1.45. The van der Waals surface area contributed by atoms with Gasteiger partial charge in [-0.2, -0.15) is 0 Å². The lowest BCUT2D eigenvalue weighted by Crippen LogP contribution is -2.31. The van der Waals surface area contributed by atoms with Crippen LogP contribution in [0.15, 0.2) is 35.5 Å². The molecule has 1 aliphatic heterocycles. The maximum Gasteiger partial charge on any atom is 0.261 e. The number of benzene rings is 1. The van der Waals surface area contributed by atoms with Crippen molar-refractivity contribution in [3.8, 4) is 5.88 Å². The van der Waals surface area contributed by atoms with Crippen molar-refractivity contribution in [1.29, 1.82) is 0 Å². The lowest BCUT2D eigenvalue weighted by molar-refractivity contribution is 0.0665. The van der Waals surface area contributed by atoms with Gasteiger partial charge in [0.05, 0.1) is 34.5 Å². The Bertz CT molecular complexity index is 932. The van der Waals surface area contributed by atoms with Gasteiger partial charge < -0.3 is 10.5 Å². The summed E-state index contributed by atoms with van der Waals surface area (Å²) in [6, 6.07) is 6.29. The first-order valence-corrected chi connectivity index (χ1v) is 9.07. The predicted molar refractivity (Wildman–Crippen MR) is 102 cm³/mol. The van der Waals surface area contributed by atoms with Crippen molar-refractivity contribution in [3.63, 3.8) is 0 Å². The van der Waals surface area contributed by atoms with E-state index in [1.807, 2.05) is 0 Å². The van der Waals surface area contributed by atoms with E-state index in [1.165, 1.54) is 24.3 Å². The molecule has 2 amide bonds. The predicted octanol–water partition coefficient (Wildman–Crippen LogP) is 2.77. The van der Waals surface area contributed by atoms with Gasteiger partial charge in [0.25, 0.3) is 11.8 Å². The van der Waals surface area contributed by atoms with Crippen LogP contribution in [0.1, 0.15) is 26.3 Å². The molecule has 0 radical (unpaired) electrons. The highest BCUT2D eigenvalue weighted by atomic mass is 79.9. The number of ether oxygens (including phenoxy) is 1. The van der Waals surface area contributed by atoms with Crippen LogP contribution in [0.4, 0.5) is 5.69 Å². The van der Waals surface area contributed by atoms with E-state index in [0.717, 1.165) is 0 Å². The highest BCUT2D eigenvalue weighted by Gasteiger charge is 2.35. The molecule has 0 bridgehead atoms. The Morgan fingerprint density at radius 3 is 2.73 bits per heavy atom. The van der Waals surface area contributed by atoms with Crippen LogP contribution in [-0.2, 0) is 0 Å². The number of carbonyl (C=O) groups is 2. The number of imide groups is 1. The largest absolute Gasteiger partial charge is 0.480 e. The number of fused-ring (bicyclic) bond motifs is 1. The second-order valence-corrected chi connectivity index (χ2v) is 6.56. The average Bonchev–Trinajstić information content (AvgIpc) is 2.86. The number of amides is 2. The molecule has 1 aliphatic rings. The van der Waals surface area contributed by atoms with Crippen LogP contribution < -0.4 is 10.5 Å². The number of alkyl halides is 1. The Hall–Kier alpha value is -2.45. The zero-order valence-electron chi connectivity index (χ0n) is 13.7. The quantitative estimate of drug-likeness (QED) is 0.336. The fourth-order valence-electron chi connectivity index (χ4n) is 2.64. The molecule has 0 spiro atoms. The third-order valence-electron chi connectivity index (χ3n) is 3.83. The van der Waals surface area contributed by atoms with Crippen molar-refractivity contribution in [1.82, 2.24) is 9.88 Å². The molecule has 1 aromatic carbocycles. The number of aromatic nitrogens is 1. The molecule has 0 saturated heterocycles. The molecule has 2 N–H and O–H groups in total. The number of rotatable bonds is 5. The van der Waals surface area contributed by atoms with Gasteiger partial charge in [-0.15, -0.1) is 0 Å². The van der Waals surface area contributed by atoms with Crippen molar-refractivity contribution in [2.24, 2.45) is 10.7 Å². The smallest absolute Gasteiger partial charge is 0.261 e. The maximum absolute atomic E-state index is 12.4. The second-order valence-electron chi connectivity index (χ2n) is 5.35. The topological polar surface area (TPSA) is 97.9 Å². The van der Waals surface area contributed by atoms with Gasteiger partial charge in [0.15, 0.2) is 0 Å². The number of nitrogens with two attached hydrogens (primary N) is 1. The van der Waals surface area contributed by atoms with E-state index >= 15 is 0 Å². The van der Waals surface area contributed by atoms with E-state index in [4.69, 9.17) is 22.1 Å². The SMILES string of the molecule is COc1nccc(Cl)c1C(N)=Nc1ccc2c(c1)C(=O)N(CCBr)C2=O. The average molecular weight is 438 g/mol. The van der Waals surface area contributed by atoms with E-state index in [1.54, 1.807) is 18.2 Å². The highest BCUT2D eigenvalue weighted by Crippen LogP contribution is 2.29. The third-order valence-corrected chi connectivity index (χ3v) is 4.50. The Kier molecular flexibility index (Phi) is 5.24. The Morgan fingerprint density at radius 2 is 2.04 bits per heavy atom. The molecule has 0 saturated carbocycles. The molecule has 3 rings (SSSR count). The number of halogens is 2. The molecule has 134 valence electrons. The van der Waals surface area contributed by atoms with Crippen molar-refractivity contribution in [3.05, 3.63) is 52.2 Å². The summed E-state index contributed by atoms with van der Waals surface area (Å²) in [5.41, 5.74) is 7.50. The monoisotopic (exact) mass is 436 g/mol. The standard InChI is InChI=1S/C17H14BrClN4O3/c1-26-15-13(12(19)4-6-21-15)14(20)22-9-2-3-10-11(8-9)17(25)23(7-5-18)16(10)24/h2-4,6,8H,5,7H2,1H3,(H2,20,22). The van der Waals surface area contributed by atoms with Crippen LogP contribution in [0.3, 0.4) is 0 Å². The first-order chi connectivity index (χ1) is 12.5. The number of methoxy groups -OCH3 is 1. The molecule has 1 aromatic heterocycles. The molecule has 7 nitrogen and oxygen atoms in total. The van der Waals surface area contributed by atoms with Crippen LogP contribution in [0.2, 0.25) is 5.02 Å². The number of amidine groups is 1. The molecule has 0 atom stereocenters. The van der Waals surface area contributed by atoms with Gasteiger partial charge in [0.2, 0.25) is 5.88 Å². The van der Waals surface area contributed by atoms with Gasteiger partial charge in [-0.05, 0) is 24.3 Å². The van der Waals surface area contributed by atoms with Crippen molar-refractivity contribution < 1.29 is 14.3 Å². The summed E-state index contributed by atoms with van der Waals surface area (Å²) in [6.45, 7) is 0.301. The lowest BCUT2D eigenvalue weighted by atomic mass is 10.1. The minimum atomic E-state index is -0.350. The van der Waals surface area contributed by atoms with E-state index in [-0.39, 0.29) is 23.5 Å². The van der Waals surface area contributed by atoms with Gasteiger partial charge in [-0.25, -0.2) is 9.98 Å². The molecular weight excluding hydrogens is 424 g/mol. The van der Waals surface area contributed by atoms with Crippen LogP contribution in [-0.4, -0.2) is 46.5 Å². The number of nitrogens with zero attached hydrogens (tertiary/aromatic N) is 3. The minimum absolute atomic E-state index is 0.0917. The van der Waals surface area contributed by atoms with Gasteiger partial charge in [-0.1, -0.05) is 27.5 Å². The van der Waals surface area contributed by atoms with E-state index < -0.39 is 0 Å². The van der Waals surface area contributed by atoms with Gasteiger partial charge in [0.1, 0.15) is 5.84 Å². The van der Waals surface area contributed by atoms with E-state index in [0.29, 0.717) is 39.3 Å². The van der Waals surface area contributed by atoms with Gasteiger partial charge >= 0.3 is 0 Å². The fraction of sp³-hybridized carbons (Fsp3) is 0.176. The minimum Gasteiger partial charge on any atom is -0.480 e. The highest BCUT2D eigenvalue weighted by molar-refractivity contribution is 9.09. The first-order valence-electron chi connectivity index (χ1n) is 7.57. The molecule has 2 heterocycles. The molecule has 2 aromatic rings. The number of hydrogen-bond donors (Lipinski definition) is 1. The summed E-state index contributed by atoms with van der Waals surface area (Å²) in [5.74, 6) is -0.328. The van der Waals surface area contributed by atoms with Gasteiger partial charge in [0, 0.05) is 18.1 Å². The maximum atomic E-state index is 12.4. The summed E-state index contributed by atoms with van der Waals surface area (Å²) in [4.78, 5) is 34.2. The van der Waals surface area contributed by atoms with Crippen LogP contribution in [0.5, 0.6) is 5.88 Å². The Morgan fingerprint density at radius 1 is 1.31 bits per heavy atom. The lowest BCUT2D eigenvalue weighted by Gasteiger charge is -2.10. The Labute approximate surface area is 162 Å². The zero-order valence-corrected chi connectivity index (χ0v) is 16.0. The zero-order chi connectivity index (χ0) is 18.8. The number of carbonyl (C=O) groups excluding carboxylic acids is 2. The van der Waals surface area contributed by atoms with Crippen molar-refractivity contribution >= 4 is 50.9 Å². The number of pyridine rings is 1. The van der Waals surface area contributed by atoms with Crippen LogP contribution >= 0.6 is 27.5 Å². The number of hydrogen-bond acceptors (Lipinski definition) is 5. The summed E-state index contributed by atoms with van der Waals surface area (Å²) >= 11 is 9.41. The van der Waals surface area contributed by atoms with Crippen molar-refractivity contribution in [2.75, 3.05) is 19.0 Å². The number of aliphatic imine (C=N–C) groups is 1. The first kappa shape index (κ1) is 18.3. The van der Waals surface area contributed by atoms with Crippen LogP contribution in [0.25, 0.3) is 0 Å². The molecule has 26 heavy (non-hydrogen) atoms. The fourth-order valence-corrected chi connectivity index (χ4v) is 3.23. The third kappa shape index (κ3) is 3.17. The molecule has 0 aliphatic carbocycles. The summed E-state index contributed by atoms with van der Waals surface area (Å²) in [5, 5.41) is 0.851. The van der Waals surface area contributed by atoms with E-state index in [2.05, 4.69) is 25.9 Å². The van der Waals surface area contributed by atoms with Gasteiger partial charge in [-0.3, -0.25) is 14.5 Å². The van der Waals surface area contributed by atoms with Crippen molar-refractivity contribution in [2.45, 2.75) is 0 Å². The molecule has 0 fully saturated rings. The van der Waals surface area contributed by atoms with Crippen LogP contribution in [0, 0.1) is 0 Å². The molecule has 0 unspecified atom stereocenters. The summed E-state index contributed by atoms with van der Waals surface area (Å²) < 4.78 is 5.16. The normalized spacial score (nSPS) is 14.0. The summed E-state index contributed by atoms with van der Waals surface area (Å²) in [6.07, 6.45) is 1.50. The van der Waals surface area contributed by atoms with E-state index in [9.17, 15) is 9.59 Å². The Balaban J connectivity index is 2.00. The molecule has 9 heteroatoms.